The second-order valence-corrected chi connectivity index (χ2v) is 9.55. The van der Waals surface area contributed by atoms with Crippen molar-refractivity contribution in [3.8, 4) is 11.4 Å². The number of carbonyl (C=O) groups excluding carboxylic acids is 1. The van der Waals surface area contributed by atoms with Crippen LogP contribution in [0, 0.1) is 17.7 Å². The Morgan fingerprint density at radius 1 is 1.07 bits per heavy atom. The van der Waals surface area contributed by atoms with Crippen LogP contribution in [-0.4, -0.2) is 44.4 Å². The van der Waals surface area contributed by atoms with Gasteiger partial charge in [-0.2, -0.15) is 0 Å². The average molecular weight is 415 g/mol. The topological polar surface area (TPSA) is 51.0 Å². The molecule has 3 aliphatic rings. The van der Waals surface area contributed by atoms with Gasteiger partial charge in [0.2, 0.25) is 5.91 Å². The maximum absolute atomic E-state index is 14.3. The number of piperidine rings is 1. The molecule has 0 unspecified atom stereocenters. The number of halogens is 1. The van der Waals surface area contributed by atoms with E-state index in [0.29, 0.717) is 29.1 Å². The summed E-state index contributed by atoms with van der Waals surface area (Å²) in [6.45, 7) is 1.80. The van der Waals surface area contributed by atoms with Crippen LogP contribution in [0.3, 0.4) is 0 Å². The van der Waals surface area contributed by atoms with Crippen molar-refractivity contribution in [3.63, 3.8) is 0 Å². The third-order valence-corrected chi connectivity index (χ3v) is 7.59. The van der Waals surface area contributed by atoms with Crippen LogP contribution in [0.15, 0.2) is 29.4 Å². The number of benzene rings is 1. The molecule has 2 aliphatic carbocycles. The zero-order valence-electron chi connectivity index (χ0n) is 16.6. The van der Waals surface area contributed by atoms with E-state index in [9.17, 15) is 9.18 Å². The van der Waals surface area contributed by atoms with Gasteiger partial charge >= 0.3 is 0 Å². The summed E-state index contributed by atoms with van der Waals surface area (Å²) in [4.78, 5) is 14.9. The van der Waals surface area contributed by atoms with Crippen molar-refractivity contribution in [2.45, 2.75) is 56.1 Å². The Bertz CT molecular complexity index is 897. The third kappa shape index (κ3) is 3.93. The Kier molecular flexibility index (Phi) is 5.33. The number of nitrogens with zero attached hydrogens (tertiary/aromatic N) is 4. The minimum atomic E-state index is -0.287. The smallest absolute Gasteiger partial charge is 0.233 e. The zero-order chi connectivity index (χ0) is 19.8. The van der Waals surface area contributed by atoms with E-state index in [-0.39, 0.29) is 11.7 Å². The lowest BCUT2D eigenvalue weighted by molar-refractivity contribution is -0.131. The monoisotopic (exact) mass is 414 g/mol. The molecule has 1 aliphatic heterocycles. The lowest BCUT2D eigenvalue weighted by atomic mass is 9.75. The lowest BCUT2D eigenvalue weighted by Crippen LogP contribution is -2.45. The fourth-order valence-corrected chi connectivity index (χ4v) is 5.82. The van der Waals surface area contributed by atoms with Gasteiger partial charge in [0.25, 0.3) is 0 Å². The lowest BCUT2D eigenvalue weighted by Gasteiger charge is -2.41. The van der Waals surface area contributed by atoms with E-state index in [1.807, 2.05) is 10.6 Å². The number of hydrogen-bond acceptors (Lipinski definition) is 4. The first-order valence-electron chi connectivity index (χ1n) is 10.8. The van der Waals surface area contributed by atoms with Gasteiger partial charge < -0.3 is 4.90 Å². The molecule has 0 N–H and O–H groups in total. The molecule has 1 aromatic carbocycles. The van der Waals surface area contributed by atoms with Crippen molar-refractivity contribution in [1.82, 2.24) is 19.7 Å². The van der Waals surface area contributed by atoms with Crippen LogP contribution in [-0.2, 0) is 4.79 Å². The van der Waals surface area contributed by atoms with Gasteiger partial charge in [-0.15, -0.1) is 10.2 Å². The molecule has 0 bridgehead atoms. The molecular weight excluding hydrogens is 387 g/mol. The van der Waals surface area contributed by atoms with E-state index in [2.05, 4.69) is 15.1 Å². The highest BCUT2D eigenvalue weighted by molar-refractivity contribution is 7.99. The van der Waals surface area contributed by atoms with Gasteiger partial charge in [0.15, 0.2) is 11.0 Å². The number of rotatable bonds is 5. The fourth-order valence-electron chi connectivity index (χ4n) is 4.91. The zero-order valence-corrected chi connectivity index (χ0v) is 17.4. The number of hydrogen-bond donors (Lipinski definition) is 0. The summed E-state index contributed by atoms with van der Waals surface area (Å²) in [5.41, 5.74) is 0.476. The Balaban J connectivity index is 1.28. The van der Waals surface area contributed by atoms with Crippen LogP contribution < -0.4 is 0 Å². The molecule has 2 saturated carbocycles. The van der Waals surface area contributed by atoms with Crippen LogP contribution in [0.4, 0.5) is 4.39 Å². The summed E-state index contributed by atoms with van der Waals surface area (Å²) in [6, 6.07) is 7.00. The van der Waals surface area contributed by atoms with Crippen molar-refractivity contribution in [2.75, 3.05) is 18.8 Å². The number of amides is 1. The number of carbonyl (C=O) groups is 1. The van der Waals surface area contributed by atoms with Gasteiger partial charge in [-0.1, -0.05) is 43.2 Å². The summed E-state index contributed by atoms with van der Waals surface area (Å²) in [7, 11) is 0. The Morgan fingerprint density at radius 2 is 1.86 bits per heavy atom. The van der Waals surface area contributed by atoms with Gasteiger partial charge in [-0.05, 0) is 49.7 Å². The summed E-state index contributed by atoms with van der Waals surface area (Å²) >= 11 is 1.44. The first-order chi connectivity index (χ1) is 14.2. The second-order valence-electron chi connectivity index (χ2n) is 8.61. The van der Waals surface area contributed by atoms with E-state index >= 15 is 0 Å². The Morgan fingerprint density at radius 3 is 2.66 bits per heavy atom. The first-order valence-corrected chi connectivity index (χ1v) is 11.8. The van der Waals surface area contributed by atoms with Crippen LogP contribution in [0.2, 0.25) is 0 Å². The molecule has 2 aromatic rings. The summed E-state index contributed by atoms with van der Waals surface area (Å²) < 4.78 is 16.3. The number of aromatic nitrogens is 3. The standard InChI is InChI=1S/C22H27FN4OS/c23-19-8-4-3-7-18(19)21-24-25-22(27(21)17-9-10-17)29-14-20(28)26-12-11-15-5-1-2-6-16(15)13-26/h3-4,7-8,15-17H,1-2,5-6,9-14H2/t15-,16+/m0/s1. The Hall–Kier alpha value is -1.89. The van der Waals surface area contributed by atoms with E-state index in [0.717, 1.165) is 43.4 Å². The van der Waals surface area contributed by atoms with Gasteiger partial charge in [0, 0.05) is 19.1 Å². The summed E-state index contributed by atoms with van der Waals surface area (Å²) in [6.07, 6.45) is 8.52. The van der Waals surface area contributed by atoms with Crippen LogP contribution in [0.25, 0.3) is 11.4 Å². The maximum Gasteiger partial charge on any atom is 0.233 e. The Labute approximate surface area is 175 Å². The van der Waals surface area contributed by atoms with Gasteiger partial charge in [0.05, 0.1) is 11.3 Å². The predicted molar refractivity (Wildman–Crippen MR) is 111 cm³/mol. The predicted octanol–water partition coefficient (Wildman–Crippen LogP) is 4.55. The molecule has 154 valence electrons. The largest absolute Gasteiger partial charge is 0.342 e. The average Bonchev–Trinajstić information content (AvgIpc) is 3.51. The minimum absolute atomic E-state index is 0.191. The molecule has 0 spiro atoms. The van der Waals surface area contributed by atoms with Crippen molar-refractivity contribution in [1.29, 1.82) is 0 Å². The number of fused-ring (bicyclic) bond motifs is 1. The van der Waals surface area contributed by atoms with Crippen molar-refractivity contribution in [3.05, 3.63) is 30.1 Å². The molecule has 0 radical (unpaired) electrons. The van der Waals surface area contributed by atoms with Crippen molar-refractivity contribution < 1.29 is 9.18 Å². The molecule has 1 aromatic heterocycles. The molecular formula is C22H27FN4OS. The molecule has 7 heteroatoms. The third-order valence-electron chi connectivity index (χ3n) is 6.66. The maximum atomic E-state index is 14.3. The highest BCUT2D eigenvalue weighted by Gasteiger charge is 2.34. The normalized spacial score (nSPS) is 24.4. The van der Waals surface area contributed by atoms with E-state index in [1.54, 1.807) is 12.1 Å². The molecule has 3 fully saturated rings. The van der Waals surface area contributed by atoms with Gasteiger partial charge in [-0.25, -0.2) is 4.39 Å². The number of thioether (sulfide) groups is 1. The van der Waals surface area contributed by atoms with Crippen LogP contribution in [0.1, 0.15) is 51.0 Å². The minimum Gasteiger partial charge on any atom is -0.342 e. The molecule has 2 heterocycles. The molecule has 5 rings (SSSR count). The highest BCUT2D eigenvalue weighted by Crippen LogP contribution is 2.41. The SMILES string of the molecule is O=C(CSc1nnc(-c2ccccc2F)n1C1CC1)N1CC[C@@H]2CCCC[C@@H]2C1. The second kappa shape index (κ2) is 8.09. The van der Waals surface area contributed by atoms with Crippen molar-refractivity contribution >= 4 is 17.7 Å². The summed E-state index contributed by atoms with van der Waals surface area (Å²) in [5, 5.41) is 9.32. The fraction of sp³-hybridized carbons (Fsp3) is 0.591. The molecule has 29 heavy (non-hydrogen) atoms. The molecule has 2 atom stereocenters. The highest BCUT2D eigenvalue weighted by atomic mass is 32.2. The van der Waals surface area contributed by atoms with E-state index in [4.69, 9.17) is 0 Å². The van der Waals surface area contributed by atoms with E-state index in [1.165, 1.54) is 43.5 Å². The van der Waals surface area contributed by atoms with E-state index < -0.39 is 0 Å². The van der Waals surface area contributed by atoms with Gasteiger partial charge in [-0.3, -0.25) is 9.36 Å². The van der Waals surface area contributed by atoms with Crippen LogP contribution >= 0.6 is 11.8 Å². The molecule has 1 amide bonds. The quantitative estimate of drug-likeness (QED) is 0.674. The first kappa shape index (κ1) is 19.1. The van der Waals surface area contributed by atoms with Crippen molar-refractivity contribution in [2.24, 2.45) is 11.8 Å². The van der Waals surface area contributed by atoms with Crippen LogP contribution in [0.5, 0.6) is 0 Å². The number of likely N-dealkylation sites (tertiary alicyclic amines) is 1. The molecule has 1 saturated heterocycles. The van der Waals surface area contributed by atoms with Gasteiger partial charge in [0.1, 0.15) is 5.82 Å². The summed E-state index contributed by atoms with van der Waals surface area (Å²) in [5.74, 6) is 2.36. The molecule has 5 nitrogen and oxygen atoms in total.